The monoisotopic (exact) mass is 423 g/mol. The van der Waals surface area contributed by atoms with E-state index in [-0.39, 0.29) is 11.9 Å². The van der Waals surface area contributed by atoms with Crippen LogP contribution in [-0.4, -0.2) is 41.5 Å². The number of pyridine rings is 1. The predicted molar refractivity (Wildman–Crippen MR) is 124 cm³/mol. The van der Waals surface area contributed by atoms with Gasteiger partial charge in [0.25, 0.3) is 5.91 Å². The SMILES string of the molecule is Cc1ccc(N(C(=O)c2ccco2)C2CCN(CCC3CCCCCCC3)CC2)nc1. The van der Waals surface area contributed by atoms with Crippen molar-refractivity contribution < 1.29 is 9.21 Å². The quantitative estimate of drug-likeness (QED) is 0.585. The Labute approximate surface area is 186 Å². The lowest BCUT2D eigenvalue weighted by Crippen LogP contribution is -2.48. The Morgan fingerprint density at radius 1 is 1.06 bits per heavy atom. The maximum absolute atomic E-state index is 13.2. The van der Waals surface area contributed by atoms with Gasteiger partial charge >= 0.3 is 0 Å². The molecular weight excluding hydrogens is 386 g/mol. The summed E-state index contributed by atoms with van der Waals surface area (Å²) in [6.07, 6.45) is 16.6. The minimum atomic E-state index is -0.0886. The molecule has 0 bridgehead atoms. The van der Waals surface area contributed by atoms with Crippen molar-refractivity contribution in [2.75, 3.05) is 24.5 Å². The molecule has 2 aromatic rings. The Hall–Kier alpha value is -2.14. The fourth-order valence-corrected chi connectivity index (χ4v) is 5.17. The molecule has 3 heterocycles. The number of rotatable bonds is 6. The first-order valence-corrected chi connectivity index (χ1v) is 12.2. The minimum absolute atomic E-state index is 0.0886. The van der Waals surface area contributed by atoms with Crippen LogP contribution in [0.4, 0.5) is 5.82 Å². The van der Waals surface area contributed by atoms with E-state index in [1.54, 1.807) is 18.4 Å². The summed E-state index contributed by atoms with van der Waals surface area (Å²) in [7, 11) is 0. The molecule has 1 saturated heterocycles. The number of hydrogen-bond donors (Lipinski definition) is 0. The van der Waals surface area contributed by atoms with Crippen molar-refractivity contribution in [1.82, 2.24) is 9.88 Å². The molecule has 168 valence electrons. The van der Waals surface area contributed by atoms with E-state index in [1.165, 1.54) is 57.9 Å². The van der Waals surface area contributed by atoms with E-state index in [0.29, 0.717) is 5.76 Å². The van der Waals surface area contributed by atoms with Crippen molar-refractivity contribution in [3.05, 3.63) is 48.0 Å². The number of aromatic nitrogens is 1. The topological polar surface area (TPSA) is 49.6 Å². The Morgan fingerprint density at radius 3 is 2.45 bits per heavy atom. The number of carbonyl (C=O) groups is 1. The van der Waals surface area contributed by atoms with Crippen molar-refractivity contribution in [1.29, 1.82) is 0 Å². The van der Waals surface area contributed by atoms with E-state index < -0.39 is 0 Å². The Bertz CT molecular complexity index is 787. The van der Waals surface area contributed by atoms with Gasteiger partial charge in [0.15, 0.2) is 5.76 Å². The number of hydrogen-bond acceptors (Lipinski definition) is 4. The van der Waals surface area contributed by atoms with Gasteiger partial charge in [0.1, 0.15) is 5.82 Å². The zero-order valence-electron chi connectivity index (χ0n) is 19.0. The van der Waals surface area contributed by atoms with Gasteiger partial charge in [-0.3, -0.25) is 9.69 Å². The molecule has 2 aromatic heterocycles. The third-order valence-electron chi connectivity index (χ3n) is 7.09. The van der Waals surface area contributed by atoms with E-state index in [1.807, 2.05) is 30.2 Å². The van der Waals surface area contributed by atoms with Gasteiger partial charge in [0.2, 0.25) is 0 Å². The van der Waals surface area contributed by atoms with Gasteiger partial charge in [-0.05, 0) is 62.4 Å². The second-order valence-corrected chi connectivity index (χ2v) is 9.42. The summed E-state index contributed by atoms with van der Waals surface area (Å²) >= 11 is 0. The van der Waals surface area contributed by atoms with Gasteiger partial charge in [-0.1, -0.05) is 51.0 Å². The number of likely N-dealkylation sites (tertiary alicyclic amines) is 1. The molecule has 0 radical (unpaired) electrons. The van der Waals surface area contributed by atoms with Gasteiger partial charge in [-0.2, -0.15) is 0 Å². The van der Waals surface area contributed by atoms with Crippen LogP contribution in [0.25, 0.3) is 0 Å². The lowest BCUT2D eigenvalue weighted by Gasteiger charge is -2.38. The van der Waals surface area contributed by atoms with E-state index in [2.05, 4.69) is 9.88 Å². The first-order valence-electron chi connectivity index (χ1n) is 12.2. The number of carbonyl (C=O) groups excluding carboxylic acids is 1. The van der Waals surface area contributed by atoms with Gasteiger partial charge in [-0.15, -0.1) is 0 Å². The van der Waals surface area contributed by atoms with E-state index in [0.717, 1.165) is 43.2 Å². The summed E-state index contributed by atoms with van der Waals surface area (Å²) in [5.74, 6) is 1.93. The molecule has 0 unspecified atom stereocenters. The maximum Gasteiger partial charge on any atom is 0.295 e. The second kappa shape index (κ2) is 10.9. The first kappa shape index (κ1) is 22.1. The van der Waals surface area contributed by atoms with Gasteiger partial charge in [0.05, 0.1) is 6.26 Å². The second-order valence-electron chi connectivity index (χ2n) is 9.42. The highest BCUT2D eigenvalue weighted by Gasteiger charge is 2.32. The number of anilines is 1. The highest BCUT2D eigenvalue weighted by molar-refractivity contribution is 6.04. The summed E-state index contributed by atoms with van der Waals surface area (Å²) < 4.78 is 5.43. The molecule has 1 saturated carbocycles. The van der Waals surface area contributed by atoms with Crippen LogP contribution in [0.2, 0.25) is 0 Å². The van der Waals surface area contributed by atoms with E-state index in [9.17, 15) is 4.79 Å². The van der Waals surface area contributed by atoms with Gasteiger partial charge in [0, 0.05) is 25.3 Å². The van der Waals surface area contributed by atoms with Crippen LogP contribution in [0.3, 0.4) is 0 Å². The van der Waals surface area contributed by atoms with Crippen molar-refractivity contribution in [3.63, 3.8) is 0 Å². The van der Waals surface area contributed by atoms with Crippen LogP contribution >= 0.6 is 0 Å². The molecule has 5 heteroatoms. The van der Waals surface area contributed by atoms with Crippen LogP contribution in [0, 0.1) is 12.8 Å². The van der Waals surface area contributed by atoms with Gasteiger partial charge in [-0.25, -0.2) is 4.98 Å². The minimum Gasteiger partial charge on any atom is -0.459 e. The molecule has 2 aliphatic rings. The van der Waals surface area contributed by atoms with Crippen molar-refractivity contribution in [3.8, 4) is 0 Å². The highest BCUT2D eigenvalue weighted by Crippen LogP contribution is 2.28. The molecule has 0 aromatic carbocycles. The Balaban J connectivity index is 1.36. The molecular formula is C26H37N3O2. The standard InChI is InChI=1S/C26H37N3O2/c1-21-11-12-25(27-20-21)29(26(30)24-10-7-19-31-24)23-14-17-28(18-15-23)16-13-22-8-5-3-2-4-6-9-22/h7,10-12,19-20,22-23H,2-6,8-9,13-18H2,1H3. The number of amides is 1. The van der Waals surface area contributed by atoms with Crippen LogP contribution in [-0.2, 0) is 0 Å². The molecule has 0 atom stereocenters. The first-order chi connectivity index (χ1) is 15.2. The normalized spacial score (nSPS) is 19.6. The number of furan rings is 1. The van der Waals surface area contributed by atoms with Crippen LogP contribution < -0.4 is 4.90 Å². The molecule has 31 heavy (non-hydrogen) atoms. The molecule has 0 spiro atoms. The van der Waals surface area contributed by atoms with E-state index >= 15 is 0 Å². The van der Waals surface area contributed by atoms with Crippen LogP contribution in [0.15, 0.2) is 41.1 Å². The summed E-state index contributed by atoms with van der Waals surface area (Å²) in [4.78, 5) is 22.3. The smallest absolute Gasteiger partial charge is 0.295 e. The van der Waals surface area contributed by atoms with Crippen molar-refractivity contribution in [2.24, 2.45) is 5.92 Å². The lowest BCUT2D eigenvalue weighted by atomic mass is 9.88. The number of piperidine rings is 1. The van der Waals surface area contributed by atoms with Crippen molar-refractivity contribution in [2.45, 2.75) is 77.2 Å². The fourth-order valence-electron chi connectivity index (χ4n) is 5.17. The van der Waals surface area contributed by atoms with Crippen LogP contribution in [0.1, 0.15) is 80.3 Å². The third-order valence-corrected chi connectivity index (χ3v) is 7.09. The lowest BCUT2D eigenvalue weighted by molar-refractivity contribution is 0.0930. The Kier molecular flexibility index (Phi) is 7.79. The highest BCUT2D eigenvalue weighted by atomic mass is 16.3. The molecule has 2 fully saturated rings. The zero-order valence-corrected chi connectivity index (χ0v) is 19.0. The summed E-state index contributed by atoms with van der Waals surface area (Å²) in [5.41, 5.74) is 1.10. The molecule has 0 N–H and O–H groups in total. The number of aryl methyl sites for hydroxylation is 1. The molecule has 1 amide bonds. The third kappa shape index (κ3) is 5.97. The van der Waals surface area contributed by atoms with Crippen LogP contribution in [0.5, 0.6) is 0 Å². The predicted octanol–water partition coefficient (Wildman–Crippen LogP) is 5.84. The summed E-state index contributed by atoms with van der Waals surface area (Å²) in [5, 5.41) is 0. The van der Waals surface area contributed by atoms with E-state index in [4.69, 9.17) is 4.42 Å². The summed E-state index contributed by atoms with van der Waals surface area (Å²) in [6, 6.07) is 7.65. The largest absolute Gasteiger partial charge is 0.459 e. The molecule has 5 nitrogen and oxygen atoms in total. The molecule has 1 aliphatic carbocycles. The molecule has 4 rings (SSSR count). The van der Waals surface area contributed by atoms with Gasteiger partial charge < -0.3 is 9.32 Å². The molecule has 1 aliphatic heterocycles. The average Bonchev–Trinajstić information content (AvgIpc) is 3.30. The zero-order chi connectivity index (χ0) is 21.5. The average molecular weight is 424 g/mol. The summed E-state index contributed by atoms with van der Waals surface area (Å²) in [6.45, 7) is 5.31. The fraction of sp³-hybridized carbons (Fsp3) is 0.615. The number of nitrogens with zero attached hydrogens (tertiary/aromatic N) is 3. The maximum atomic E-state index is 13.2. The Morgan fingerprint density at radius 2 is 1.81 bits per heavy atom. The van der Waals surface area contributed by atoms with Crippen molar-refractivity contribution >= 4 is 11.7 Å².